The molecule has 4 atom stereocenters. The maximum atomic E-state index is 4.68. The number of aromatic nitrogens is 3. The molecule has 4 nitrogen and oxygen atoms in total. The molecular weight excluding hydrogens is 320 g/mol. The second-order valence-corrected chi connectivity index (χ2v) is 10.1. The number of benzene rings is 1. The molecule has 4 saturated carbocycles. The van der Waals surface area contributed by atoms with E-state index in [-0.39, 0.29) is 0 Å². The fourth-order valence-corrected chi connectivity index (χ4v) is 7.30. The van der Waals surface area contributed by atoms with E-state index in [1.807, 2.05) is 7.05 Å². The van der Waals surface area contributed by atoms with Crippen LogP contribution in [-0.2, 0) is 13.6 Å². The average Bonchev–Trinajstić information content (AvgIpc) is 2.91. The van der Waals surface area contributed by atoms with E-state index in [1.165, 1.54) is 38.5 Å². The van der Waals surface area contributed by atoms with Crippen LogP contribution in [0.2, 0.25) is 0 Å². The Morgan fingerprint density at radius 2 is 1.69 bits per heavy atom. The summed E-state index contributed by atoms with van der Waals surface area (Å²) in [5.41, 5.74) is 4.61. The molecule has 4 aliphatic rings. The van der Waals surface area contributed by atoms with Crippen molar-refractivity contribution in [2.75, 3.05) is 0 Å². The van der Waals surface area contributed by atoms with E-state index in [2.05, 4.69) is 59.7 Å². The molecule has 4 heteroatoms. The van der Waals surface area contributed by atoms with Gasteiger partial charge in [0.2, 0.25) is 0 Å². The fourth-order valence-electron chi connectivity index (χ4n) is 7.30. The molecule has 26 heavy (non-hydrogen) atoms. The fraction of sp³-hybridized carbons (Fsp3) is 0.636. The molecule has 0 radical (unpaired) electrons. The van der Waals surface area contributed by atoms with Gasteiger partial charge < -0.3 is 5.32 Å². The molecule has 6 rings (SSSR count). The lowest BCUT2D eigenvalue weighted by Gasteiger charge is -2.65. The molecule has 0 amide bonds. The molecule has 1 N–H and O–H groups in total. The molecule has 0 spiro atoms. The smallest absolute Gasteiger partial charge is 0.117 e. The largest absolute Gasteiger partial charge is 0.305 e. The van der Waals surface area contributed by atoms with E-state index in [0.29, 0.717) is 16.4 Å². The highest BCUT2D eigenvalue weighted by molar-refractivity contribution is 5.60. The highest BCUT2D eigenvalue weighted by Gasteiger charge is 2.59. The normalized spacial score (nSPS) is 38.0. The van der Waals surface area contributed by atoms with Gasteiger partial charge in [0.25, 0.3) is 0 Å². The van der Waals surface area contributed by atoms with Crippen LogP contribution in [-0.4, -0.2) is 20.5 Å². The Labute approximate surface area is 156 Å². The van der Waals surface area contributed by atoms with E-state index in [1.54, 1.807) is 4.80 Å². The van der Waals surface area contributed by atoms with Gasteiger partial charge >= 0.3 is 0 Å². The predicted octanol–water partition coefficient (Wildman–Crippen LogP) is 4.32. The summed E-state index contributed by atoms with van der Waals surface area (Å²) in [5.74, 6) is 0.907. The number of hydrogen-bond donors (Lipinski definition) is 1. The van der Waals surface area contributed by atoms with Gasteiger partial charge in [0, 0.05) is 24.7 Å². The van der Waals surface area contributed by atoms with Crippen molar-refractivity contribution in [3.8, 4) is 11.3 Å². The minimum atomic E-state index is 0.300. The first-order valence-corrected chi connectivity index (χ1v) is 10.1. The van der Waals surface area contributed by atoms with Gasteiger partial charge in [-0.2, -0.15) is 15.0 Å². The monoisotopic (exact) mass is 350 g/mol. The van der Waals surface area contributed by atoms with Crippen molar-refractivity contribution in [1.82, 2.24) is 20.3 Å². The topological polar surface area (TPSA) is 42.7 Å². The SMILES string of the molecule is Cn1nc(CNC23CC4C[C@@](C)(C2)C[C@](C)(C4)C3)c(-c2ccccc2)n1. The summed E-state index contributed by atoms with van der Waals surface area (Å²) < 4.78 is 0. The van der Waals surface area contributed by atoms with Crippen molar-refractivity contribution in [1.29, 1.82) is 0 Å². The standard InChI is InChI=1S/C22H30N4/c1-20-9-16-10-21(2,13-20)15-22(11-16,14-20)23-12-18-19(25-26(3)24-18)17-7-5-4-6-8-17/h4-8,16,23H,9-15H2,1-3H3/t16?,20-,21+,22?. The summed E-state index contributed by atoms with van der Waals surface area (Å²) in [6.07, 6.45) is 8.29. The summed E-state index contributed by atoms with van der Waals surface area (Å²) in [6.45, 7) is 5.88. The first-order valence-electron chi connectivity index (χ1n) is 10.1. The first kappa shape index (κ1) is 16.5. The Kier molecular flexibility index (Phi) is 3.43. The van der Waals surface area contributed by atoms with E-state index < -0.39 is 0 Å². The maximum absolute atomic E-state index is 4.68. The predicted molar refractivity (Wildman–Crippen MR) is 103 cm³/mol. The Morgan fingerprint density at radius 3 is 2.35 bits per heavy atom. The molecule has 1 aromatic carbocycles. The van der Waals surface area contributed by atoms with Crippen molar-refractivity contribution in [2.45, 2.75) is 64.5 Å². The van der Waals surface area contributed by atoms with Gasteiger partial charge in [-0.25, -0.2) is 0 Å². The van der Waals surface area contributed by atoms with Gasteiger partial charge in [-0.05, 0) is 55.3 Å². The summed E-state index contributed by atoms with van der Waals surface area (Å²) in [6, 6.07) is 10.4. The summed E-state index contributed by atoms with van der Waals surface area (Å²) in [4.78, 5) is 1.71. The van der Waals surface area contributed by atoms with Crippen LogP contribution in [0.4, 0.5) is 0 Å². The van der Waals surface area contributed by atoms with Crippen LogP contribution in [0.3, 0.4) is 0 Å². The van der Waals surface area contributed by atoms with E-state index >= 15 is 0 Å². The van der Waals surface area contributed by atoms with Gasteiger partial charge in [0.15, 0.2) is 0 Å². The quantitative estimate of drug-likeness (QED) is 0.893. The number of hydrogen-bond acceptors (Lipinski definition) is 3. The highest BCUT2D eigenvalue weighted by atomic mass is 15.5. The van der Waals surface area contributed by atoms with E-state index in [4.69, 9.17) is 0 Å². The van der Waals surface area contributed by atoms with Crippen LogP contribution in [0.5, 0.6) is 0 Å². The second kappa shape index (κ2) is 5.41. The summed E-state index contributed by atoms with van der Waals surface area (Å²) >= 11 is 0. The van der Waals surface area contributed by atoms with E-state index in [9.17, 15) is 0 Å². The summed E-state index contributed by atoms with van der Waals surface area (Å²) in [7, 11) is 1.92. The average molecular weight is 351 g/mol. The minimum Gasteiger partial charge on any atom is -0.305 e. The van der Waals surface area contributed by atoms with Crippen LogP contribution in [0, 0.1) is 16.7 Å². The zero-order valence-electron chi connectivity index (χ0n) is 16.3. The number of nitrogens with one attached hydrogen (secondary N) is 1. The lowest BCUT2D eigenvalue weighted by Crippen LogP contribution is -2.63. The lowest BCUT2D eigenvalue weighted by atomic mass is 9.43. The van der Waals surface area contributed by atoms with Gasteiger partial charge in [-0.3, -0.25) is 0 Å². The van der Waals surface area contributed by atoms with Gasteiger partial charge in [-0.1, -0.05) is 44.2 Å². The molecule has 0 saturated heterocycles. The second-order valence-electron chi connectivity index (χ2n) is 10.1. The minimum absolute atomic E-state index is 0.300. The van der Waals surface area contributed by atoms with Crippen LogP contribution >= 0.6 is 0 Å². The third-order valence-corrected chi connectivity index (χ3v) is 7.09. The Hall–Kier alpha value is -1.68. The molecule has 4 bridgehead atoms. The molecule has 2 unspecified atom stereocenters. The van der Waals surface area contributed by atoms with Crippen molar-refractivity contribution < 1.29 is 0 Å². The maximum Gasteiger partial charge on any atom is 0.117 e. The van der Waals surface area contributed by atoms with Gasteiger partial charge in [0.1, 0.15) is 11.4 Å². The summed E-state index contributed by atoms with van der Waals surface area (Å²) in [5, 5.41) is 13.3. The van der Waals surface area contributed by atoms with Crippen LogP contribution in [0.25, 0.3) is 11.3 Å². The molecule has 2 aromatic rings. The molecular formula is C22H30N4. The Bertz CT molecular complexity index is 806. The zero-order chi connectivity index (χ0) is 18.0. The molecule has 4 aliphatic carbocycles. The van der Waals surface area contributed by atoms with Crippen molar-refractivity contribution in [2.24, 2.45) is 23.8 Å². The zero-order valence-corrected chi connectivity index (χ0v) is 16.3. The van der Waals surface area contributed by atoms with Gasteiger partial charge in [0.05, 0.1) is 0 Å². The molecule has 138 valence electrons. The van der Waals surface area contributed by atoms with E-state index in [0.717, 1.165) is 29.4 Å². The number of rotatable bonds is 4. The van der Waals surface area contributed by atoms with Crippen molar-refractivity contribution >= 4 is 0 Å². The molecule has 0 aliphatic heterocycles. The van der Waals surface area contributed by atoms with Crippen molar-refractivity contribution in [3.05, 3.63) is 36.0 Å². The van der Waals surface area contributed by atoms with Crippen LogP contribution in [0.15, 0.2) is 30.3 Å². The lowest BCUT2D eigenvalue weighted by molar-refractivity contribution is -0.118. The molecule has 1 aromatic heterocycles. The number of nitrogens with zero attached hydrogens (tertiary/aromatic N) is 3. The highest BCUT2D eigenvalue weighted by Crippen LogP contribution is 2.66. The van der Waals surface area contributed by atoms with Crippen molar-refractivity contribution in [3.63, 3.8) is 0 Å². The third kappa shape index (κ3) is 2.70. The Morgan fingerprint density at radius 1 is 1.00 bits per heavy atom. The Balaban J connectivity index is 1.41. The first-order chi connectivity index (χ1) is 12.4. The van der Waals surface area contributed by atoms with Gasteiger partial charge in [-0.15, -0.1) is 0 Å². The molecule has 4 fully saturated rings. The molecule has 1 heterocycles. The van der Waals surface area contributed by atoms with Crippen LogP contribution < -0.4 is 5.32 Å². The van der Waals surface area contributed by atoms with Crippen LogP contribution in [0.1, 0.15) is 58.1 Å². The number of aryl methyl sites for hydroxylation is 1. The third-order valence-electron chi connectivity index (χ3n) is 7.09.